The Morgan fingerprint density at radius 2 is 2.05 bits per heavy atom. The first kappa shape index (κ1) is 13.9. The van der Waals surface area contributed by atoms with Gasteiger partial charge in [0, 0.05) is 6.04 Å². The highest BCUT2D eigenvalue weighted by molar-refractivity contribution is 7.80. The van der Waals surface area contributed by atoms with Crippen molar-refractivity contribution in [3.8, 4) is 0 Å². The quantitative estimate of drug-likeness (QED) is 0.810. The second-order valence-electron chi connectivity index (χ2n) is 5.15. The van der Waals surface area contributed by atoms with Crippen molar-refractivity contribution in [1.82, 2.24) is 5.32 Å². The fraction of sp³-hybridized carbons (Fsp3) is 0.429. The van der Waals surface area contributed by atoms with Crippen molar-refractivity contribution in [2.75, 3.05) is 0 Å². The lowest BCUT2D eigenvalue weighted by atomic mass is 10.0. The van der Waals surface area contributed by atoms with Crippen LogP contribution in [0.3, 0.4) is 0 Å². The SMILES string of the molecule is CC(Cc1ccc(F)cc1)NC(=O)C1(C(N)=S)CC1. The lowest BCUT2D eigenvalue weighted by Gasteiger charge is -2.19. The highest BCUT2D eigenvalue weighted by Gasteiger charge is 2.52. The molecule has 1 aromatic rings. The van der Waals surface area contributed by atoms with E-state index in [-0.39, 0.29) is 22.8 Å². The Morgan fingerprint density at radius 1 is 1.47 bits per heavy atom. The summed E-state index contributed by atoms with van der Waals surface area (Å²) in [6.07, 6.45) is 2.12. The molecule has 19 heavy (non-hydrogen) atoms. The molecule has 1 atom stereocenters. The second kappa shape index (κ2) is 5.25. The number of nitrogens with one attached hydrogen (secondary N) is 1. The zero-order valence-corrected chi connectivity index (χ0v) is 11.6. The molecule has 1 aliphatic carbocycles. The van der Waals surface area contributed by atoms with Gasteiger partial charge >= 0.3 is 0 Å². The van der Waals surface area contributed by atoms with Gasteiger partial charge in [-0.3, -0.25) is 4.79 Å². The van der Waals surface area contributed by atoms with Gasteiger partial charge in [-0.05, 0) is 43.9 Å². The lowest BCUT2D eigenvalue weighted by Crippen LogP contribution is -2.44. The van der Waals surface area contributed by atoms with Gasteiger partial charge < -0.3 is 11.1 Å². The molecular formula is C14H17FN2OS. The molecule has 0 radical (unpaired) electrons. The summed E-state index contributed by atoms with van der Waals surface area (Å²) in [5.74, 6) is -0.347. The number of nitrogens with two attached hydrogens (primary N) is 1. The number of hydrogen-bond acceptors (Lipinski definition) is 2. The van der Waals surface area contributed by atoms with Gasteiger partial charge in [0.05, 0.1) is 10.4 Å². The number of halogens is 1. The van der Waals surface area contributed by atoms with Crippen LogP contribution in [0.25, 0.3) is 0 Å². The molecule has 1 unspecified atom stereocenters. The van der Waals surface area contributed by atoms with E-state index in [0.29, 0.717) is 6.42 Å². The molecule has 0 aromatic heterocycles. The average molecular weight is 280 g/mol. The van der Waals surface area contributed by atoms with E-state index in [1.807, 2.05) is 6.92 Å². The molecule has 1 fully saturated rings. The van der Waals surface area contributed by atoms with E-state index in [9.17, 15) is 9.18 Å². The van der Waals surface area contributed by atoms with Gasteiger partial charge in [-0.15, -0.1) is 0 Å². The van der Waals surface area contributed by atoms with Crippen LogP contribution >= 0.6 is 12.2 Å². The fourth-order valence-corrected chi connectivity index (χ4v) is 2.39. The summed E-state index contributed by atoms with van der Waals surface area (Å²) in [6, 6.07) is 6.24. The maximum atomic E-state index is 12.8. The van der Waals surface area contributed by atoms with E-state index < -0.39 is 5.41 Å². The maximum absolute atomic E-state index is 12.8. The van der Waals surface area contributed by atoms with Gasteiger partial charge in [0.15, 0.2) is 0 Å². The third kappa shape index (κ3) is 3.10. The van der Waals surface area contributed by atoms with Gasteiger partial charge in [-0.2, -0.15) is 0 Å². The molecule has 1 saturated carbocycles. The number of benzene rings is 1. The average Bonchev–Trinajstić information content (AvgIpc) is 3.13. The van der Waals surface area contributed by atoms with Gasteiger partial charge in [-0.25, -0.2) is 4.39 Å². The normalized spacial score (nSPS) is 17.6. The minimum atomic E-state index is -0.619. The highest BCUT2D eigenvalue weighted by Crippen LogP contribution is 2.46. The van der Waals surface area contributed by atoms with Crippen molar-refractivity contribution in [2.24, 2.45) is 11.1 Å². The van der Waals surface area contributed by atoms with E-state index in [1.54, 1.807) is 12.1 Å². The third-order valence-electron chi connectivity index (χ3n) is 3.49. The summed E-state index contributed by atoms with van der Waals surface area (Å²) < 4.78 is 12.8. The molecule has 5 heteroatoms. The standard InChI is InChI=1S/C14H17FN2OS/c1-9(8-10-2-4-11(15)5-3-10)17-13(18)14(6-7-14)12(16)19/h2-5,9H,6-8H2,1H3,(H2,16,19)(H,17,18). The predicted molar refractivity (Wildman–Crippen MR) is 76.2 cm³/mol. The van der Waals surface area contributed by atoms with E-state index in [0.717, 1.165) is 18.4 Å². The first-order chi connectivity index (χ1) is 8.94. The number of hydrogen-bond donors (Lipinski definition) is 2. The maximum Gasteiger partial charge on any atom is 0.233 e. The Kier molecular flexibility index (Phi) is 3.85. The lowest BCUT2D eigenvalue weighted by molar-refractivity contribution is -0.124. The molecule has 0 heterocycles. The van der Waals surface area contributed by atoms with Crippen molar-refractivity contribution in [1.29, 1.82) is 0 Å². The summed E-state index contributed by atoms with van der Waals surface area (Å²) in [4.78, 5) is 12.4. The Labute approximate surface area is 117 Å². The molecule has 102 valence electrons. The third-order valence-corrected chi connectivity index (χ3v) is 3.88. The molecule has 1 aromatic carbocycles. The Morgan fingerprint density at radius 3 is 2.53 bits per heavy atom. The van der Waals surface area contributed by atoms with E-state index >= 15 is 0 Å². The van der Waals surface area contributed by atoms with E-state index in [2.05, 4.69) is 5.32 Å². The molecule has 1 aliphatic rings. The monoisotopic (exact) mass is 280 g/mol. The fourth-order valence-electron chi connectivity index (χ4n) is 2.10. The summed E-state index contributed by atoms with van der Waals surface area (Å²) in [6.45, 7) is 1.91. The molecule has 0 bridgehead atoms. The van der Waals surface area contributed by atoms with Crippen LogP contribution in [0.15, 0.2) is 24.3 Å². The number of carbonyl (C=O) groups excluding carboxylic acids is 1. The number of amides is 1. The second-order valence-corrected chi connectivity index (χ2v) is 5.59. The van der Waals surface area contributed by atoms with Crippen LogP contribution in [0.2, 0.25) is 0 Å². The van der Waals surface area contributed by atoms with Crippen molar-refractivity contribution in [3.05, 3.63) is 35.6 Å². The summed E-state index contributed by atoms with van der Waals surface area (Å²) in [7, 11) is 0. The Balaban J connectivity index is 1.91. The summed E-state index contributed by atoms with van der Waals surface area (Å²) >= 11 is 4.94. The molecule has 0 saturated heterocycles. The zero-order chi connectivity index (χ0) is 14.0. The summed E-state index contributed by atoms with van der Waals surface area (Å²) in [5.41, 5.74) is 5.97. The van der Waals surface area contributed by atoms with Crippen molar-refractivity contribution in [2.45, 2.75) is 32.2 Å². The first-order valence-corrected chi connectivity index (χ1v) is 6.70. The molecule has 2 rings (SSSR count). The van der Waals surface area contributed by atoms with Crippen LogP contribution in [0.5, 0.6) is 0 Å². The predicted octanol–water partition coefficient (Wildman–Crippen LogP) is 1.94. The van der Waals surface area contributed by atoms with Gasteiger partial charge in [0.25, 0.3) is 0 Å². The molecule has 3 N–H and O–H groups in total. The largest absolute Gasteiger partial charge is 0.392 e. The van der Waals surface area contributed by atoms with E-state index in [1.165, 1.54) is 12.1 Å². The van der Waals surface area contributed by atoms with Gasteiger partial charge in [0.2, 0.25) is 5.91 Å². The number of rotatable bonds is 5. The smallest absolute Gasteiger partial charge is 0.233 e. The van der Waals surface area contributed by atoms with Crippen LogP contribution in [0, 0.1) is 11.2 Å². The minimum absolute atomic E-state index is 0.0372. The first-order valence-electron chi connectivity index (χ1n) is 6.29. The van der Waals surface area contributed by atoms with Gasteiger partial charge in [-0.1, -0.05) is 24.4 Å². The zero-order valence-electron chi connectivity index (χ0n) is 10.8. The summed E-state index contributed by atoms with van der Waals surface area (Å²) in [5, 5.41) is 2.93. The van der Waals surface area contributed by atoms with Crippen LogP contribution in [-0.4, -0.2) is 16.9 Å². The van der Waals surface area contributed by atoms with Crippen LogP contribution in [-0.2, 0) is 11.2 Å². The molecule has 1 amide bonds. The molecule has 0 aliphatic heterocycles. The van der Waals surface area contributed by atoms with Gasteiger partial charge in [0.1, 0.15) is 5.82 Å². The number of thiocarbonyl (C=S) groups is 1. The van der Waals surface area contributed by atoms with Crippen molar-refractivity contribution >= 4 is 23.1 Å². The van der Waals surface area contributed by atoms with Crippen molar-refractivity contribution < 1.29 is 9.18 Å². The molecule has 3 nitrogen and oxygen atoms in total. The molecule has 0 spiro atoms. The molecular weight excluding hydrogens is 263 g/mol. The topological polar surface area (TPSA) is 55.1 Å². The van der Waals surface area contributed by atoms with Crippen LogP contribution < -0.4 is 11.1 Å². The van der Waals surface area contributed by atoms with Crippen LogP contribution in [0.4, 0.5) is 4.39 Å². The van der Waals surface area contributed by atoms with Crippen LogP contribution in [0.1, 0.15) is 25.3 Å². The highest BCUT2D eigenvalue weighted by atomic mass is 32.1. The minimum Gasteiger partial charge on any atom is -0.392 e. The van der Waals surface area contributed by atoms with Crippen molar-refractivity contribution in [3.63, 3.8) is 0 Å². The Hall–Kier alpha value is -1.49. The Bertz CT molecular complexity index is 497. The van der Waals surface area contributed by atoms with E-state index in [4.69, 9.17) is 18.0 Å². The number of carbonyl (C=O) groups is 1.